The zero-order valence-corrected chi connectivity index (χ0v) is 13.4. The van der Waals surface area contributed by atoms with E-state index in [1.165, 1.54) is 25.5 Å². The summed E-state index contributed by atoms with van der Waals surface area (Å²) in [6.07, 6.45) is 9.04. The number of amides is 1. The number of H-pyrrole nitrogens is 3. The highest BCUT2D eigenvalue weighted by molar-refractivity contribution is 5.95. The zero-order valence-electron chi connectivity index (χ0n) is 13.4. The van der Waals surface area contributed by atoms with Crippen LogP contribution in [0, 0.1) is 0 Å². The maximum atomic E-state index is 12.4. The van der Waals surface area contributed by atoms with E-state index in [0.717, 1.165) is 18.5 Å². The smallest absolute Gasteiger partial charge is 0.325 e. The fourth-order valence-corrected chi connectivity index (χ4v) is 3.21. The summed E-state index contributed by atoms with van der Waals surface area (Å²) in [6, 6.07) is 0. The van der Waals surface area contributed by atoms with Gasteiger partial charge in [0.2, 0.25) is 0 Å². The van der Waals surface area contributed by atoms with Crippen molar-refractivity contribution in [3.05, 3.63) is 50.1 Å². The average molecular weight is 331 g/mol. The topological polar surface area (TPSA) is 124 Å². The van der Waals surface area contributed by atoms with Crippen LogP contribution < -0.4 is 16.6 Å². The van der Waals surface area contributed by atoms with Gasteiger partial charge in [-0.15, -0.1) is 0 Å². The Hall–Kier alpha value is -2.64. The van der Waals surface area contributed by atoms with Gasteiger partial charge in [-0.1, -0.05) is 19.3 Å². The summed E-state index contributed by atoms with van der Waals surface area (Å²) in [7, 11) is 0. The molecule has 128 valence electrons. The third-order valence-corrected chi connectivity index (χ3v) is 4.50. The summed E-state index contributed by atoms with van der Waals surface area (Å²) < 4.78 is 0. The summed E-state index contributed by atoms with van der Waals surface area (Å²) in [6.45, 7) is 0.309. The van der Waals surface area contributed by atoms with E-state index < -0.39 is 11.2 Å². The second kappa shape index (κ2) is 7.29. The van der Waals surface area contributed by atoms with Crippen LogP contribution in [0.5, 0.6) is 0 Å². The molecule has 1 fully saturated rings. The van der Waals surface area contributed by atoms with Gasteiger partial charge in [-0.2, -0.15) is 5.10 Å². The minimum Gasteiger partial charge on any atom is -0.352 e. The van der Waals surface area contributed by atoms with Gasteiger partial charge < -0.3 is 10.3 Å². The molecule has 0 atom stereocenters. The van der Waals surface area contributed by atoms with Gasteiger partial charge in [0.25, 0.3) is 11.5 Å². The van der Waals surface area contributed by atoms with E-state index >= 15 is 0 Å². The highest BCUT2D eigenvalue weighted by Gasteiger charge is 2.23. The summed E-state index contributed by atoms with van der Waals surface area (Å²) in [5.74, 6) is 0.175. The lowest BCUT2D eigenvalue weighted by Crippen LogP contribution is -2.30. The molecule has 2 heterocycles. The monoisotopic (exact) mass is 331 g/mol. The molecule has 4 N–H and O–H groups in total. The number of carbonyl (C=O) groups excluding carboxylic acids is 1. The number of carbonyl (C=O) groups is 1. The molecule has 2 aromatic rings. The predicted octanol–water partition coefficient (Wildman–Crippen LogP) is 0.806. The van der Waals surface area contributed by atoms with E-state index in [-0.39, 0.29) is 5.91 Å². The van der Waals surface area contributed by atoms with Crippen molar-refractivity contribution in [3.8, 4) is 0 Å². The van der Waals surface area contributed by atoms with Crippen LogP contribution in [-0.4, -0.2) is 32.6 Å². The van der Waals surface area contributed by atoms with Crippen molar-refractivity contribution in [2.24, 2.45) is 0 Å². The maximum absolute atomic E-state index is 12.4. The molecule has 1 aliphatic carbocycles. The van der Waals surface area contributed by atoms with E-state index in [2.05, 4.69) is 25.5 Å². The predicted molar refractivity (Wildman–Crippen MR) is 88.1 cm³/mol. The minimum absolute atomic E-state index is 0.190. The van der Waals surface area contributed by atoms with E-state index in [9.17, 15) is 14.4 Å². The Morgan fingerprint density at radius 2 is 2.04 bits per heavy atom. The highest BCUT2D eigenvalue weighted by Crippen LogP contribution is 2.32. The molecule has 3 rings (SSSR count). The SMILES string of the molecule is O=C(NCCc1c[nH]c(=O)[nH]c1=O)c1cn[nH]c1C1CCCCC1. The van der Waals surface area contributed by atoms with Crippen molar-refractivity contribution < 1.29 is 4.79 Å². The van der Waals surface area contributed by atoms with Crippen molar-refractivity contribution in [2.45, 2.75) is 44.4 Å². The first kappa shape index (κ1) is 16.2. The lowest BCUT2D eigenvalue weighted by molar-refractivity contribution is 0.0952. The second-order valence-corrected chi connectivity index (χ2v) is 6.14. The molecule has 1 aliphatic rings. The van der Waals surface area contributed by atoms with Gasteiger partial charge >= 0.3 is 5.69 Å². The molecule has 1 amide bonds. The third-order valence-electron chi connectivity index (χ3n) is 4.50. The number of aromatic nitrogens is 4. The van der Waals surface area contributed by atoms with Crippen molar-refractivity contribution in [3.63, 3.8) is 0 Å². The van der Waals surface area contributed by atoms with Crippen LogP contribution in [0.25, 0.3) is 0 Å². The zero-order chi connectivity index (χ0) is 16.9. The Balaban J connectivity index is 1.60. The minimum atomic E-state index is -0.539. The second-order valence-electron chi connectivity index (χ2n) is 6.14. The molecule has 0 aliphatic heterocycles. The van der Waals surface area contributed by atoms with E-state index in [0.29, 0.717) is 30.0 Å². The molecule has 8 heteroatoms. The van der Waals surface area contributed by atoms with Crippen molar-refractivity contribution >= 4 is 5.91 Å². The molecule has 2 aromatic heterocycles. The van der Waals surface area contributed by atoms with Gasteiger partial charge in [0.15, 0.2) is 0 Å². The van der Waals surface area contributed by atoms with Gasteiger partial charge in [0.05, 0.1) is 17.5 Å². The van der Waals surface area contributed by atoms with Crippen LogP contribution in [-0.2, 0) is 6.42 Å². The lowest BCUT2D eigenvalue weighted by Gasteiger charge is -2.21. The number of nitrogens with zero attached hydrogens (tertiary/aromatic N) is 1. The molecule has 8 nitrogen and oxygen atoms in total. The number of aromatic amines is 3. The largest absolute Gasteiger partial charge is 0.352 e. The quantitative estimate of drug-likeness (QED) is 0.647. The Morgan fingerprint density at radius 1 is 1.25 bits per heavy atom. The molecule has 0 aromatic carbocycles. The first-order valence-corrected chi connectivity index (χ1v) is 8.27. The summed E-state index contributed by atoms with van der Waals surface area (Å²) in [4.78, 5) is 39.5. The first-order valence-electron chi connectivity index (χ1n) is 8.27. The third kappa shape index (κ3) is 3.64. The van der Waals surface area contributed by atoms with Gasteiger partial charge in [0, 0.05) is 24.2 Å². The van der Waals surface area contributed by atoms with Crippen molar-refractivity contribution in [2.75, 3.05) is 6.54 Å². The van der Waals surface area contributed by atoms with E-state index in [1.807, 2.05) is 0 Å². The fourth-order valence-electron chi connectivity index (χ4n) is 3.21. The average Bonchev–Trinajstić information content (AvgIpc) is 3.07. The summed E-state index contributed by atoms with van der Waals surface area (Å²) in [5.41, 5.74) is 0.948. The number of hydrogen-bond donors (Lipinski definition) is 4. The summed E-state index contributed by atoms with van der Waals surface area (Å²) >= 11 is 0. The molecule has 0 bridgehead atoms. The molecule has 0 saturated heterocycles. The number of hydrogen-bond acceptors (Lipinski definition) is 4. The summed E-state index contributed by atoms with van der Waals surface area (Å²) in [5, 5.41) is 9.81. The lowest BCUT2D eigenvalue weighted by atomic mass is 9.85. The molecule has 24 heavy (non-hydrogen) atoms. The maximum Gasteiger partial charge on any atom is 0.325 e. The van der Waals surface area contributed by atoms with Crippen LogP contribution in [0.3, 0.4) is 0 Å². The van der Waals surface area contributed by atoms with Crippen LogP contribution >= 0.6 is 0 Å². The molecule has 1 saturated carbocycles. The van der Waals surface area contributed by atoms with Crippen LogP contribution in [0.2, 0.25) is 0 Å². The van der Waals surface area contributed by atoms with Crippen LogP contribution in [0.4, 0.5) is 0 Å². The number of rotatable bonds is 5. The van der Waals surface area contributed by atoms with Crippen molar-refractivity contribution in [1.29, 1.82) is 0 Å². The molecule has 0 spiro atoms. The van der Waals surface area contributed by atoms with E-state index in [1.54, 1.807) is 6.20 Å². The van der Waals surface area contributed by atoms with Crippen molar-refractivity contribution in [1.82, 2.24) is 25.5 Å². The van der Waals surface area contributed by atoms with Gasteiger partial charge in [-0.05, 0) is 19.3 Å². The van der Waals surface area contributed by atoms with Gasteiger partial charge in [-0.3, -0.25) is 19.7 Å². The van der Waals surface area contributed by atoms with Crippen LogP contribution in [0.15, 0.2) is 22.0 Å². The molecular weight excluding hydrogens is 310 g/mol. The Morgan fingerprint density at radius 3 is 2.79 bits per heavy atom. The Bertz CT molecular complexity index is 813. The van der Waals surface area contributed by atoms with Crippen LogP contribution in [0.1, 0.15) is 59.6 Å². The molecular formula is C16H21N5O3. The van der Waals surface area contributed by atoms with E-state index in [4.69, 9.17) is 0 Å². The Kier molecular flexibility index (Phi) is 4.93. The first-order chi connectivity index (χ1) is 11.6. The molecule has 0 unspecified atom stereocenters. The highest BCUT2D eigenvalue weighted by atomic mass is 16.2. The normalized spacial score (nSPS) is 15.3. The standard InChI is InChI=1S/C16H21N5O3/c22-14-11(8-18-16(24)20-14)6-7-17-15(23)12-9-19-21-13(12)10-4-2-1-3-5-10/h8-10H,1-7H2,(H,17,23)(H,19,21)(H2,18,20,22,24). The van der Waals surface area contributed by atoms with Gasteiger partial charge in [0.1, 0.15) is 0 Å². The fraction of sp³-hybridized carbons (Fsp3) is 0.500. The van der Waals surface area contributed by atoms with Gasteiger partial charge in [-0.25, -0.2) is 4.79 Å². The number of nitrogens with one attached hydrogen (secondary N) is 4. The molecule has 0 radical (unpaired) electrons. The Labute approximate surface area is 138 Å².